The maximum absolute atomic E-state index is 13.2. The number of carbonyl (C=O) groups excluding carboxylic acids is 6. The number of ether oxygens (including phenoxy) is 5. The molecule has 0 aliphatic heterocycles. The number of aldehydes is 1. The van der Waals surface area contributed by atoms with Crippen LogP contribution in [0.4, 0.5) is 0 Å². The lowest BCUT2D eigenvalue weighted by Gasteiger charge is -2.37. The van der Waals surface area contributed by atoms with Gasteiger partial charge < -0.3 is 23.7 Å². The van der Waals surface area contributed by atoms with Crippen LogP contribution in [-0.2, 0) is 52.5 Å². The molecule has 0 aliphatic rings. The molecule has 0 N–H and O–H groups in total. The summed E-state index contributed by atoms with van der Waals surface area (Å²) in [5, 5.41) is 0. The van der Waals surface area contributed by atoms with Gasteiger partial charge in [0.1, 0.15) is 6.61 Å². The van der Waals surface area contributed by atoms with Gasteiger partial charge in [-0.3, -0.25) is 28.8 Å². The van der Waals surface area contributed by atoms with Gasteiger partial charge in [0.25, 0.3) is 0 Å². The van der Waals surface area contributed by atoms with Crippen LogP contribution in [0.2, 0.25) is 0 Å². The second-order valence-electron chi connectivity index (χ2n) is 15.5. The minimum atomic E-state index is -1.78. The van der Waals surface area contributed by atoms with Crippen LogP contribution in [0, 0.1) is 27.1 Å². The summed E-state index contributed by atoms with van der Waals surface area (Å²) in [4.78, 5) is 77.4. The van der Waals surface area contributed by atoms with Gasteiger partial charge in [-0.25, -0.2) is 0 Å². The van der Waals surface area contributed by atoms with Gasteiger partial charge in [-0.1, -0.05) is 0 Å². The van der Waals surface area contributed by atoms with Crippen molar-refractivity contribution in [3.8, 4) is 0 Å². The third kappa shape index (κ3) is 12.5. The number of esters is 5. The number of hydrogen-bond acceptors (Lipinski definition) is 11. The lowest BCUT2D eigenvalue weighted by atomic mass is 9.94. The molecular formula is C31H52O11. The lowest BCUT2D eigenvalue weighted by Crippen LogP contribution is -2.56. The Morgan fingerprint density at radius 1 is 0.476 bits per heavy atom. The summed E-state index contributed by atoms with van der Waals surface area (Å²) in [6, 6.07) is 0. The molecule has 11 heteroatoms. The SMILES string of the molecule is CC(C)(C)C(=O)OC[C@@H](OC(=O)C(C)(C)C)[C@@H](OC(=O)C(C)(C)C)[C@H](OC(=O)C(C)(C)C)[C@@H](C=O)OC(=O)C(C)(C)C. The molecule has 0 aromatic rings. The first-order chi connectivity index (χ1) is 18.5. The summed E-state index contributed by atoms with van der Waals surface area (Å²) in [7, 11) is 0. The molecule has 0 aromatic carbocycles. The van der Waals surface area contributed by atoms with Crippen molar-refractivity contribution in [2.24, 2.45) is 27.1 Å². The van der Waals surface area contributed by atoms with E-state index in [0.717, 1.165) is 0 Å². The quantitative estimate of drug-likeness (QED) is 0.197. The molecule has 11 nitrogen and oxygen atoms in total. The molecule has 0 amide bonds. The third-order valence-corrected chi connectivity index (χ3v) is 5.58. The molecule has 0 heterocycles. The molecule has 0 unspecified atom stereocenters. The fourth-order valence-corrected chi connectivity index (χ4v) is 2.63. The van der Waals surface area contributed by atoms with E-state index < -0.39 is 87.9 Å². The summed E-state index contributed by atoms with van der Waals surface area (Å²) in [6.45, 7) is 23.0. The fraction of sp³-hybridized carbons (Fsp3) is 0.806. The van der Waals surface area contributed by atoms with E-state index in [-0.39, 0.29) is 6.29 Å². The van der Waals surface area contributed by atoms with Gasteiger partial charge in [0, 0.05) is 0 Å². The van der Waals surface area contributed by atoms with Gasteiger partial charge in [-0.2, -0.15) is 0 Å². The Bertz CT molecular complexity index is 992. The van der Waals surface area contributed by atoms with E-state index in [0.29, 0.717) is 0 Å². The van der Waals surface area contributed by atoms with Gasteiger partial charge in [-0.15, -0.1) is 0 Å². The van der Waals surface area contributed by atoms with Gasteiger partial charge in [0.05, 0.1) is 27.1 Å². The molecule has 4 atom stereocenters. The second-order valence-corrected chi connectivity index (χ2v) is 15.5. The molecule has 0 bridgehead atoms. The Kier molecular flexibility index (Phi) is 13.0. The third-order valence-electron chi connectivity index (χ3n) is 5.58. The number of carbonyl (C=O) groups is 6. The zero-order valence-electron chi connectivity index (χ0n) is 28.1. The highest BCUT2D eigenvalue weighted by molar-refractivity contribution is 5.80. The van der Waals surface area contributed by atoms with Gasteiger partial charge in [-0.05, 0) is 104 Å². The van der Waals surface area contributed by atoms with Crippen LogP contribution >= 0.6 is 0 Å². The maximum atomic E-state index is 13.2. The van der Waals surface area contributed by atoms with Crippen LogP contribution in [0.5, 0.6) is 0 Å². The first kappa shape index (κ1) is 39.0. The Balaban J connectivity index is 7.27. The van der Waals surface area contributed by atoms with E-state index in [1.807, 2.05) is 0 Å². The summed E-state index contributed by atoms with van der Waals surface area (Å²) in [6.07, 6.45) is -6.62. The zero-order chi connectivity index (χ0) is 33.6. The summed E-state index contributed by atoms with van der Waals surface area (Å²) >= 11 is 0. The summed E-state index contributed by atoms with van der Waals surface area (Å²) < 4.78 is 28.2. The molecule has 0 aliphatic carbocycles. The Labute approximate surface area is 250 Å². The highest BCUT2D eigenvalue weighted by atomic mass is 16.6. The minimum absolute atomic E-state index is 0.242. The van der Waals surface area contributed by atoms with Crippen molar-refractivity contribution in [1.29, 1.82) is 0 Å². The topological polar surface area (TPSA) is 149 Å². The molecule has 0 saturated carbocycles. The number of hydrogen-bond donors (Lipinski definition) is 0. The summed E-state index contributed by atoms with van der Waals surface area (Å²) in [5.41, 5.74) is -5.25. The van der Waals surface area contributed by atoms with Gasteiger partial charge in [0.15, 0.2) is 30.7 Å². The van der Waals surface area contributed by atoms with Crippen molar-refractivity contribution >= 4 is 36.1 Å². The molecule has 0 radical (unpaired) electrons. The Morgan fingerprint density at radius 3 is 1.12 bits per heavy atom. The highest BCUT2D eigenvalue weighted by Gasteiger charge is 2.48. The van der Waals surface area contributed by atoms with Crippen molar-refractivity contribution in [2.45, 2.75) is 128 Å². The molecule has 0 rings (SSSR count). The van der Waals surface area contributed by atoms with E-state index in [4.69, 9.17) is 23.7 Å². The van der Waals surface area contributed by atoms with E-state index >= 15 is 0 Å². The maximum Gasteiger partial charge on any atom is 0.312 e. The molecule has 0 spiro atoms. The molecule has 0 fully saturated rings. The van der Waals surface area contributed by atoms with Crippen molar-refractivity contribution < 1.29 is 52.5 Å². The van der Waals surface area contributed by atoms with Crippen LogP contribution in [0.15, 0.2) is 0 Å². The van der Waals surface area contributed by atoms with Gasteiger partial charge >= 0.3 is 29.8 Å². The number of rotatable bonds is 10. The zero-order valence-corrected chi connectivity index (χ0v) is 28.1. The fourth-order valence-electron chi connectivity index (χ4n) is 2.63. The molecule has 242 valence electrons. The van der Waals surface area contributed by atoms with Crippen molar-refractivity contribution in [3.05, 3.63) is 0 Å². The normalized spacial score (nSPS) is 15.8. The van der Waals surface area contributed by atoms with Crippen LogP contribution in [-0.4, -0.2) is 67.2 Å². The van der Waals surface area contributed by atoms with Crippen molar-refractivity contribution in [1.82, 2.24) is 0 Å². The second kappa shape index (κ2) is 14.0. The van der Waals surface area contributed by atoms with Crippen LogP contribution in [0.25, 0.3) is 0 Å². The predicted octanol–water partition coefficient (Wildman–Crippen LogP) is 4.61. The minimum Gasteiger partial charge on any atom is -0.461 e. The molecule has 0 saturated heterocycles. The monoisotopic (exact) mass is 600 g/mol. The van der Waals surface area contributed by atoms with E-state index in [9.17, 15) is 28.8 Å². The molecule has 0 aromatic heterocycles. The smallest absolute Gasteiger partial charge is 0.312 e. The van der Waals surface area contributed by atoms with E-state index in [2.05, 4.69) is 0 Å². The lowest BCUT2D eigenvalue weighted by molar-refractivity contribution is -0.213. The van der Waals surface area contributed by atoms with Crippen molar-refractivity contribution in [2.75, 3.05) is 6.61 Å². The van der Waals surface area contributed by atoms with Crippen molar-refractivity contribution in [3.63, 3.8) is 0 Å². The average Bonchev–Trinajstić information content (AvgIpc) is 2.78. The van der Waals surface area contributed by atoms with Gasteiger partial charge in [0.2, 0.25) is 0 Å². The van der Waals surface area contributed by atoms with Crippen LogP contribution < -0.4 is 0 Å². The Morgan fingerprint density at radius 2 is 0.786 bits per heavy atom. The largest absolute Gasteiger partial charge is 0.461 e. The van der Waals surface area contributed by atoms with E-state index in [1.54, 1.807) is 104 Å². The first-order valence-electron chi connectivity index (χ1n) is 14.0. The molecular weight excluding hydrogens is 548 g/mol. The standard InChI is InChI=1S/C31H52O11/c1-27(2,3)22(33)38-17-19(40-24(35)29(7,8)9)21(42-26(37)31(13,14)15)20(41-25(36)30(10,11)12)18(16-32)39-23(34)28(4,5)6/h16,18-21H,17H2,1-15H3/t18-,19-,20-,21-/m1/s1. The Hall–Kier alpha value is -2.98. The first-order valence-corrected chi connectivity index (χ1v) is 14.0. The molecule has 42 heavy (non-hydrogen) atoms. The van der Waals surface area contributed by atoms with Crippen LogP contribution in [0.3, 0.4) is 0 Å². The van der Waals surface area contributed by atoms with E-state index in [1.165, 1.54) is 0 Å². The highest BCUT2D eigenvalue weighted by Crippen LogP contribution is 2.29. The predicted molar refractivity (Wildman–Crippen MR) is 154 cm³/mol. The summed E-state index contributed by atoms with van der Waals surface area (Å²) in [5.74, 6) is -3.86. The van der Waals surface area contributed by atoms with Crippen LogP contribution in [0.1, 0.15) is 104 Å². The average molecular weight is 601 g/mol.